The highest BCUT2D eigenvalue weighted by molar-refractivity contribution is 5.91. The average molecular weight is 625 g/mol. The highest BCUT2D eigenvalue weighted by Crippen LogP contribution is 2.47. The van der Waals surface area contributed by atoms with E-state index in [9.17, 15) is 9.18 Å². The number of carbonyl (C=O) groups excluding carboxylic acids is 1. The van der Waals surface area contributed by atoms with Crippen LogP contribution in [0.15, 0.2) is 55.4 Å². The molecule has 0 fully saturated rings. The molecule has 2 aliphatic rings. The molecular formula is C35H34F2N6O3. The van der Waals surface area contributed by atoms with Crippen molar-refractivity contribution in [3.63, 3.8) is 0 Å². The summed E-state index contributed by atoms with van der Waals surface area (Å²) in [6.45, 7) is 6.93. The van der Waals surface area contributed by atoms with E-state index >= 15 is 4.39 Å². The van der Waals surface area contributed by atoms with Crippen LogP contribution in [-0.2, 0) is 36.0 Å². The Hall–Kier alpha value is -4.90. The molecule has 9 nitrogen and oxygen atoms in total. The zero-order valence-electron chi connectivity index (χ0n) is 26.0. The van der Waals surface area contributed by atoms with Gasteiger partial charge in [0.15, 0.2) is 0 Å². The summed E-state index contributed by atoms with van der Waals surface area (Å²) in [5.41, 5.74) is 7.99. The molecule has 3 aromatic heterocycles. The first-order valence-corrected chi connectivity index (χ1v) is 15.4. The third-order valence-electron chi connectivity index (χ3n) is 9.04. The number of pyridine rings is 1. The van der Waals surface area contributed by atoms with E-state index in [1.807, 2.05) is 47.5 Å². The lowest BCUT2D eigenvalue weighted by atomic mass is 9.90. The number of imidazole rings is 1. The zero-order chi connectivity index (χ0) is 32.1. The first-order valence-electron chi connectivity index (χ1n) is 15.4. The number of rotatable bonds is 8. The van der Waals surface area contributed by atoms with Crippen LogP contribution in [-0.4, -0.2) is 62.0 Å². The molecule has 1 aliphatic heterocycles. The predicted octanol–water partition coefficient (Wildman–Crippen LogP) is 6.05. The summed E-state index contributed by atoms with van der Waals surface area (Å²) in [4.78, 5) is 24.2. The molecule has 0 bridgehead atoms. The smallest absolute Gasteiger partial charge is 0.246 e. The fourth-order valence-electron chi connectivity index (χ4n) is 6.81. The average Bonchev–Trinajstić information content (AvgIpc) is 3.79. The van der Waals surface area contributed by atoms with Crippen LogP contribution in [0, 0.1) is 11.6 Å². The number of ether oxygens (including phenoxy) is 2. The van der Waals surface area contributed by atoms with Gasteiger partial charge in [-0.25, -0.2) is 18.7 Å². The largest absolute Gasteiger partial charge is 0.490 e. The summed E-state index contributed by atoms with van der Waals surface area (Å²) in [6, 6.07) is 9.82. The molecule has 0 N–H and O–H groups in total. The SMILES string of the molecule is C=CC(=O)N1CCn2nc(-c3nc(-c4ccc5c(c4)ncn5C)c4c(c3-c3c(F)cc(F)cc3OCCOC)CCC4)cc2[C@H]1C. The normalized spacial score (nSPS) is 15.7. The van der Waals surface area contributed by atoms with Gasteiger partial charge >= 0.3 is 0 Å². The lowest BCUT2D eigenvalue weighted by Gasteiger charge is -2.33. The van der Waals surface area contributed by atoms with Crippen molar-refractivity contribution in [2.75, 3.05) is 26.9 Å². The summed E-state index contributed by atoms with van der Waals surface area (Å²) in [6.07, 6.45) is 5.38. The van der Waals surface area contributed by atoms with Gasteiger partial charge in [0.05, 0.1) is 59.2 Å². The molecule has 0 radical (unpaired) electrons. The van der Waals surface area contributed by atoms with E-state index in [1.165, 1.54) is 19.3 Å². The van der Waals surface area contributed by atoms with Crippen LogP contribution in [0.5, 0.6) is 5.75 Å². The Morgan fingerprint density at radius 2 is 1.89 bits per heavy atom. The maximum atomic E-state index is 16.1. The van der Waals surface area contributed by atoms with E-state index in [0.717, 1.165) is 58.0 Å². The van der Waals surface area contributed by atoms with E-state index in [0.29, 0.717) is 36.5 Å². The summed E-state index contributed by atoms with van der Waals surface area (Å²) in [5, 5.41) is 4.96. The second kappa shape index (κ2) is 11.8. The second-order valence-electron chi connectivity index (χ2n) is 11.7. The maximum Gasteiger partial charge on any atom is 0.246 e. The standard InChI is InChI=1S/C35H34F2N6O3/c1-5-31(44)42-11-12-43-29(20(42)2)18-27(40-43)35-32(33-25(37)16-22(36)17-30(33)46-14-13-45-4)23-7-6-8-24(23)34(39-35)21-9-10-28-26(15-21)38-19-41(28)3/h5,9-10,15-20H,1,6-8,11-14H2,2-4H3/t20-/m1/s1. The number of methoxy groups -OCH3 is 1. The Morgan fingerprint density at radius 1 is 1.07 bits per heavy atom. The molecule has 236 valence electrons. The topological polar surface area (TPSA) is 87.3 Å². The summed E-state index contributed by atoms with van der Waals surface area (Å²) in [7, 11) is 3.49. The van der Waals surface area contributed by atoms with Crippen molar-refractivity contribution in [1.82, 2.24) is 29.2 Å². The van der Waals surface area contributed by atoms with E-state index in [1.54, 1.807) is 11.2 Å². The number of carbonyl (C=O) groups is 1. The van der Waals surface area contributed by atoms with Gasteiger partial charge in [0.2, 0.25) is 5.91 Å². The molecule has 46 heavy (non-hydrogen) atoms. The summed E-state index contributed by atoms with van der Waals surface area (Å²) >= 11 is 0. The Balaban J connectivity index is 1.48. The third-order valence-corrected chi connectivity index (χ3v) is 9.04. The molecule has 5 aromatic rings. The van der Waals surface area contributed by atoms with Crippen LogP contribution in [0.25, 0.3) is 44.8 Å². The highest BCUT2D eigenvalue weighted by atomic mass is 19.1. The molecule has 2 aromatic carbocycles. The van der Waals surface area contributed by atoms with Gasteiger partial charge in [0.25, 0.3) is 0 Å². The van der Waals surface area contributed by atoms with Gasteiger partial charge in [-0.15, -0.1) is 0 Å². The van der Waals surface area contributed by atoms with Crippen molar-refractivity contribution in [3.05, 3.63) is 83.8 Å². The molecule has 7 rings (SSSR count). The van der Waals surface area contributed by atoms with Gasteiger partial charge in [0.1, 0.15) is 29.7 Å². The van der Waals surface area contributed by atoms with Gasteiger partial charge in [-0.05, 0) is 61.6 Å². The Kier molecular flexibility index (Phi) is 7.64. The van der Waals surface area contributed by atoms with Crippen LogP contribution in [0.4, 0.5) is 8.78 Å². The summed E-state index contributed by atoms with van der Waals surface area (Å²) < 4.78 is 45.6. The molecule has 1 atom stereocenters. The Morgan fingerprint density at radius 3 is 2.70 bits per heavy atom. The van der Waals surface area contributed by atoms with E-state index in [4.69, 9.17) is 19.6 Å². The molecule has 4 heterocycles. The molecule has 0 unspecified atom stereocenters. The first kappa shape index (κ1) is 29.8. The van der Waals surface area contributed by atoms with Crippen molar-refractivity contribution in [2.45, 2.75) is 38.8 Å². The van der Waals surface area contributed by atoms with Crippen molar-refractivity contribution < 1.29 is 23.0 Å². The monoisotopic (exact) mass is 624 g/mol. The number of amides is 1. The molecule has 11 heteroatoms. The first-order chi connectivity index (χ1) is 22.3. The minimum atomic E-state index is -0.743. The maximum absolute atomic E-state index is 16.1. The van der Waals surface area contributed by atoms with Gasteiger partial charge in [-0.1, -0.05) is 12.6 Å². The van der Waals surface area contributed by atoms with Crippen LogP contribution in [0.3, 0.4) is 0 Å². The molecular weight excluding hydrogens is 590 g/mol. The van der Waals surface area contributed by atoms with Crippen LogP contribution in [0.2, 0.25) is 0 Å². The number of nitrogens with zero attached hydrogens (tertiary/aromatic N) is 6. The molecule has 0 spiro atoms. The lowest BCUT2D eigenvalue weighted by molar-refractivity contribution is -0.129. The molecule has 0 saturated carbocycles. The van der Waals surface area contributed by atoms with Gasteiger partial charge < -0.3 is 18.9 Å². The third kappa shape index (κ3) is 4.95. The minimum absolute atomic E-state index is 0.0782. The van der Waals surface area contributed by atoms with Gasteiger partial charge in [-0.2, -0.15) is 5.10 Å². The number of hydrogen-bond acceptors (Lipinski definition) is 6. The quantitative estimate of drug-likeness (QED) is 0.154. The van der Waals surface area contributed by atoms with Crippen molar-refractivity contribution in [3.8, 4) is 39.5 Å². The fraction of sp³-hybridized carbons (Fsp3) is 0.314. The van der Waals surface area contributed by atoms with Crippen molar-refractivity contribution in [1.29, 1.82) is 0 Å². The Labute approximate surface area is 265 Å². The number of halogens is 2. The van der Waals surface area contributed by atoms with Crippen molar-refractivity contribution >= 4 is 16.9 Å². The summed E-state index contributed by atoms with van der Waals surface area (Å²) in [5.74, 6) is -1.56. The van der Waals surface area contributed by atoms with Crippen LogP contribution in [0.1, 0.15) is 36.2 Å². The fourth-order valence-corrected chi connectivity index (χ4v) is 6.81. The number of hydrogen-bond donors (Lipinski definition) is 0. The van der Waals surface area contributed by atoms with E-state index in [2.05, 4.69) is 11.6 Å². The number of aromatic nitrogens is 5. The lowest BCUT2D eigenvalue weighted by Crippen LogP contribution is -2.40. The zero-order valence-corrected chi connectivity index (χ0v) is 26.0. The minimum Gasteiger partial charge on any atom is -0.490 e. The van der Waals surface area contributed by atoms with E-state index in [-0.39, 0.29) is 36.5 Å². The predicted molar refractivity (Wildman–Crippen MR) is 170 cm³/mol. The number of aryl methyl sites for hydroxylation is 1. The Bertz CT molecular complexity index is 2020. The van der Waals surface area contributed by atoms with Gasteiger partial charge in [-0.3, -0.25) is 9.48 Å². The second-order valence-corrected chi connectivity index (χ2v) is 11.7. The highest BCUT2D eigenvalue weighted by Gasteiger charge is 2.33. The molecule has 1 amide bonds. The van der Waals surface area contributed by atoms with Crippen LogP contribution < -0.4 is 4.74 Å². The van der Waals surface area contributed by atoms with Crippen LogP contribution >= 0.6 is 0 Å². The van der Waals surface area contributed by atoms with E-state index < -0.39 is 11.6 Å². The van der Waals surface area contributed by atoms with Gasteiger partial charge in [0, 0.05) is 44.0 Å². The molecule has 0 saturated heterocycles. The number of benzene rings is 2. The number of fused-ring (bicyclic) bond motifs is 3. The van der Waals surface area contributed by atoms with Crippen molar-refractivity contribution in [2.24, 2.45) is 7.05 Å². The molecule has 1 aliphatic carbocycles.